The third-order valence-corrected chi connectivity index (χ3v) is 4.88. The second kappa shape index (κ2) is 17.1. The number of carbonyl (C=O) groups excluding carboxylic acids is 4. The lowest BCUT2D eigenvalue weighted by atomic mass is 10.1. The standard InChI is InChI=1S/C20H34N8O10/c21-9(8-13(22)29)16(34)26-10(2-1-7-25-20(23)24)17(35)27-11(3-5-14(30)31)18(36)28-12(19(37)38)4-6-15(32)33/h9-12H,1-8,21H2,(H2,22,29)(H,26,34)(H,27,35)(H,28,36)(H,30,31)(H,32,33)(H,37,38)(H4,23,24,25). The van der Waals surface area contributed by atoms with Gasteiger partial charge in [0.1, 0.15) is 18.1 Å². The van der Waals surface area contributed by atoms with Crippen molar-refractivity contribution < 1.29 is 48.9 Å². The van der Waals surface area contributed by atoms with Gasteiger partial charge in [-0.3, -0.25) is 33.8 Å². The van der Waals surface area contributed by atoms with Crippen LogP contribution in [0.2, 0.25) is 0 Å². The maximum absolute atomic E-state index is 13.0. The lowest BCUT2D eigenvalue weighted by molar-refractivity contribution is -0.144. The van der Waals surface area contributed by atoms with Crippen LogP contribution in [0.4, 0.5) is 0 Å². The number of hydrogen-bond acceptors (Lipinski definition) is 9. The summed E-state index contributed by atoms with van der Waals surface area (Å²) in [5, 5.41) is 33.7. The van der Waals surface area contributed by atoms with Gasteiger partial charge in [0, 0.05) is 19.4 Å². The Labute approximate surface area is 216 Å². The fourth-order valence-corrected chi connectivity index (χ4v) is 2.97. The van der Waals surface area contributed by atoms with E-state index in [4.69, 9.17) is 33.1 Å². The molecule has 38 heavy (non-hydrogen) atoms. The van der Waals surface area contributed by atoms with Crippen LogP contribution >= 0.6 is 0 Å². The third-order valence-electron chi connectivity index (χ3n) is 4.88. The smallest absolute Gasteiger partial charge is 0.326 e. The molecule has 0 aromatic heterocycles. The molecule has 0 aliphatic heterocycles. The molecule has 0 saturated carbocycles. The van der Waals surface area contributed by atoms with Crippen molar-refractivity contribution in [1.29, 1.82) is 0 Å². The van der Waals surface area contributed by atoms with Crippen LogP contribution < -0.4 is 38.9 Å². The molecule has 4 unspecified atom stereocenters. The first-order valence-corrected chi connectivity index (χ1v) is 11.3. The predicted molar refractivity (Wildman–Crippen MR) is 129 cm³/mol. The number of nitrogens with zero attached hydrogens (tertiary/aromatic N) is 1. The maximum atomic E-state index is 13.0. The van der Waals surface area contributed by atoms with E-state index in [9.17, 15) is 38.7 Å². The Kier molecular flexibility index (Phi) is 15.0. The summed E-state index contributed by atoms with van der Waals surface area (Å²) in [6.07, 6.45) is -2.57. The van der Waals surface area contributed by atoms with E-state index in [1.54, 1.807) is 0 Å². The maximum Gasteiger partial charge on any atom is 0.326 e. The molecule has 0 rings (SSSR count). The molecule has 0 aromatic rings. The summed E-state index contributed by atoms with van der Waals surface area (Å²) < 4.78 is 0. The number of carboxylic acids is 3. The van der Waals surface area contributed by atoms with Gasteiger partial charge >= 0.3 is 17.9 Å². The van der Waals surface area contributed by atoms with E-state index in [0.717, 1.165) is 0 Å². The predicted octanol–water partition coefficient (Wildman–Crippen LogP) is -4.49. The number of aliphatic imine (C=N–C) groups is 1. The van der Waals surface area contributed by atoms with Gasteiger partial charge in [0.25, 0.3) is 0 Å². The molecule has 0 saturated heterocycles. The van der Waals surface area contributed by atoms with E-state index < -0.39 is 97.8 Å². The van der Waals surface area contributed by atoms with Crippen molar-refractivity contribution in [3.63, 3.8) is 0 Å². The molecule has 0 bridgehead atoms. The number of guanidine groups is 1. The van der Waals surface area contributed by atoms with E-state index in [1.807, 2.05) is 0 Å². The third kappa shape index (κ3) is 14.8. The van der Waals surface area contributed by atoms with Crippen LogP contribution in [0.25, 0.3) is 0 Å². The molecule has 4 amide bonds. The van der Waals surface area contributed by atoms with Gasteiger partial charge in [-0.15, -0.1) is 0 Å². The van der Waals surface area contributed by atoms with Crippen molar-refractivity contribution in [3.05, 3.63) is 0 Å². The van der Waals surface area contributed by atoms with Gasteiger partial charge in [-0.2, -0.15) is 0 Å². The molecule has 4 atom stereocenters. The molecule has 18 nitrogen and oxygen atoms in total. The average molecular weight is 547 g/mol. The molecule has 0 aliphatic rings. The highest BCUT2D eigenvalue weighted by Crippen LogP contribution is 2.06. The van der Waals surface area contributed by atoms with Crippen molar-refractivity contribution in [1.82, 2.24) is 16.0 Å². The van der Waals surface area contributed by atoms with Crippen LogP contribution in [0, 0.1) is 0 Å². The highest BCUT2D eigenvalue weighted by molar-refractivity contribution is 5.95. The van der Waals surface area contributed by atoms with E-state index >= 15 is 0 Å². The molecule has 0 heterocycles. The number of hydrogen-bond donors (Lipinski definition) is 10. The summed E-state index contributed by atoms with van der Waals surface area (Å²) in [7, 11) is 0. The Morgan fingerprint density at radius 1 is 0.684 bits per heavy atom. The summed E-state index contributed by atoms with van der Waals surface area (Å²) in [5.74, 6) is -8.24. The average Bonchev–Trinajstić information content (AvgIpc) is 2.79. The van der Waals surface area contributed by atoms with Gasteiger partial charge in [0.05, 0.1) is 12.5 Å². The number of primary amides is 1. The Morgan fingerprint density at radius 3 is 1.58 bits per heavy atom. The van der Waals surface area contributed by atoms with Gasteiger partial charge in [0.15, 0.2) is 5.96 Å². The monoisotopic (exact) mass is 546 g/mol. The molecule has 0 spiro atoms. The number of aliphatic carboxylic acids is 3. The summed E-state index contributed by atoms with van der Waals surface area (Å²) in [5.41, 5.74) is 21.1. The SMILES string of the molecule is NC(=O)CC(N)C(=O)NC(CCCN=C(N)N)C(=O)NC(CCC(=O)O)C(=O)NC(CCC(=O)O)C(=O)O. The number of amides is 4. The summed E-state index contributed by atoms with van der Waals surface area (Å²) in [6, 6.07) is -5.94. The van der Waals surface area contributed by atoms with Crippen LogP contribution in [-0.2, 0) is 33.6 Å². The lowest BCUT2D eigenvalue weighted by Crippen LogP contribution is -2.57. The first kappa shape index (κ1) is 33.5. The molecule has 14 N–H and O–H groups in total. The molecule has 18 heteroatoms. The fourth-order valence-electron chi connectivity index (χ4n) is 2.97. The van der Waals surface area contributed by atoms with E-state index in [-0.39, 0.29) is 25.3 Å². The van der Waals surface area contributed by atoms with Gasteiger partial charge in [-0.25, -0.2) is 4.79 Å². The van der Waals surface area contributed by atoms with Crippen molar-refractivity contribution in [2.24, 2.45) is 27.9 Å². The number of carboxylic acid groups (broad SMARTS) is 3. The number of nitrogens with one attached hydrogen (secondary N) is 3. The number of rotatable bonds is 19. The van der Waals surface area contributed by atoms with E-state index in [0.29, 0.717) is 0 Å². The van der Waals surface area contributed by atoms with Crippen LogP contribution in [-0.4, -0.2) is 93.5 Å². The molecule has 0 aromatic carbocycles. The quantitative estimate of drug-likeness (QED) is 0.0415. The Hall–Kier alpha value is -4.48. The van der Waals surface area contributed by atoms with Gasteiger partial charge in [0.2, 0.25) is 23.6 Å². The molecular weight excluding hydrogens is 512 g/mol. The molecule has 0 radical (unpaired) electrons. The summed E-state index contributed by atoms with van der Waals surface area (Å²) in [6.45, 7) is 0.0577. The Bertz CT molecular complexity index is 921. The first-order valence-electron chi connectivity index (χ1n) is 11.3. The highest BCUT2D eigenvalue weighted by Gasteiger charge is 2.31. The van der Waals surface area contributed by atoms with Crippen molar-refractivity contribution in [2.45, 2.75) is 69.1 Å². The second-order valence-electron chi connectivity index (χ2n) is 8.11. The minimum Gasteiger partial charge on any atom is -0.481 e. The molecule has 214 valence electrons. The van der Waals surface area contributed by atoms with Gasteiger partial charge in [-0.05, 0) is 25.7 Å². The topological polar surface area (TPSA) is 333 Å². The van der Waals surface area contributed by atoms with E-state index in [1.165, 1.54) is 0 Å². The summed E-state index contributed by atoms with van der Waals surface area (Å²) >= 11 is 0. The van der Waals surface area contributed by atoms with Gasteiger partial charge in [-0.1, -0.05) is 0 Å². The first-order chi connectivity index (χ1) is 17.6. The molecule has 0 aliphatic carbocycles. The normalized spacial score (nSPS) is 13.6. The van der Waals surface area contributed by atoms with Gasteiger partial charge < -0.3 is 54.2 Å². The van der Waals surface area contributed by atoms with E-state index in [2.05, 4.69) is 20.9 Å². The Morgan fingerprint density at radius 2 is 1.13 bits per heavy atom. The van der Waals surface area contributed by atoms with Crippen molar-refractivity contribution in [2.75, 3.05) is 6.54 Å². The van der Waals surface area contributed by atoms with Crippen LogP contribution in [0.15, 0.2) is 4.99 Å². The zero-order valence-electron chi connectivity index (χ0n) is 20.4. The fraction of sp³-hybridized carbons (Fsp3) is 0.600. The van der Waals surface area contributed by atoms with Crippen molar-refractivity contribution in [3.8, 4) is 0 Å². The van der Waals surface area contributed by atoms with Crippen LogP contribution in [0.5, 0.6) is 0 Å². The summed E-state index contributed by atoms with van der Waals surface area (Å²) in [4.78, 5) is 86.1. The lowest BCUT2D eigenvalue weighted by Gasteiger charge is -2.25. The minimum absolute atomic E-state index is 0.0577. The minimum atomic E-state index is -1.63. The second-order valence-corrected chi connectivity index (χ2v) is 8.11. The largest absolute Gasteiger partial charge is 0.481 e. The zero-order chi connectivity index (χ0) is 29.4. The van der Waals surface area contributed by atoms with Crippen LogP contribution in [0.1, 0.15) is 44.9 Å². The van der Waals surface area contributed by atoms with Crippen LogP contribution in [0.3, 0.4) is 0 Å². The molecular formula is C20H34N8O10. The zero-order valence-corrected chi connectivity index (χ0v) is 20.4. The highest BCUT2D eigenvalue weighted by atomic mass is 16.4. The number of carbonyl (C=O) groups is 7. The van der Waals surface area contributed by atoms with Crippen molar-refractivity contribution >= 4 is 47.5 Å². The Balaban J connectivity index is 5.72. The molecule has 0 fully saturated rings. The number of nitrogens with two attached hydrogens (primary N) is 4.